The van der Waals surface area contributed by atoms with Gasteiger partial charge >= 0.3 is 0 Å². The fourth-order valence-corrected chi connectivity index (χ4v) is 4.73. The van der Waals surface area contributed by atoms with Crippen LogP contribution in [0.3, 0.4) is 0 Å². The Kier molecular flexibility index (Phi) is 7.26. The number of hydrogen-bond donors (Lipinski definition) is 1. The molecule has 2 fully saturated rings. The van der Waals surface area contributed by atoms with Crippen molar-refractivity contribution in [3.05, 3.63) is 22.4 Å². The molecule has 2 aliphatic rings. The van der Waals surface area contributed by atoms with Crippen molar-refractivity contribution in [3.8, 4) is 0 Å². The Morgan fingerprint density at radius 3 is 2.52 bits per heavy atom. The van der Waals surface area contributed by atoms with E-state index in [-0.39, 0.29) is 23.9 Å². The minimum atomic E-state index is 0.102. The lowest BCUT2D eigenvalue weighted by atomic mass is 10.2. The zero-order valence-corrected chi connectivity index (χ0v) is 17.3. The summed E-state index contributed by atoms with van der Waals surface area (Å²) in [5.74, 6) is 0.346. The molecule has 150 valence electrons. The normalized spacial score (nSPS) is 22.7. The number of likely N-dealkylation sites (tertiary alicyclic amines) is 1. The maximum Gasteiger partial charge on any atom is 0.237 e. The van der Waals surface area contributed by atoms with Crippen LogP contribution in [0, 0.1) is 0 Å². The number of rotatable bonds is 7. The lowest BCUT2D eigenvalue weighted by Crippen LogP contribution is -2.52. The van der Waals surface area contributed by atoms with Gasteiger partial charge in [0.05, 0.1) is 19.1 Å². The van der Waals surface area contributed by atoms with Gasteiger partial charge in [0.15, 0.2) is 0 Å². The maximum absolute atomic E-state index is 12.8. The summed E-state index contributed by atoms with van der Waals surface area (Å²) in [7, 11) is 0. The van der Waals surface area contributed by atoms with Crippen LogP contribution in [-0.2, 0) is 9.59 Å². The van der Waals surface area contributed by atoms with Gasteiger partial charge in [-0.05, 0) is 37.6 Å². The molecule has 1 aromatic rings. The van der Waals surface area contributed by atoms with Crippen LogP contribution in [0.25, 0.3) is 0 Å². The van der Waals surface area contributed by atoms with E-state index in [0.717, 1.165) is 52.0 Å². The smallest absolute Gasteiger partial charge is 0.237 e. The molecule has 2 aliphatic heterocycles. The van der Waals surface area contributed by atoms with E-state index in [1.54, 1.807) is 11.3 Å². The minimum Gasteiger partial charge on any atom is -0.353 e. The summed E-state index contributed by atoms with van der Waals surface area (Å²) in [5.41, 5.74) is 0. The lowest BCUT2D eigenvalue weighted by Gasteiger charge is -2.35. The predicted molar refractivity (Wildman–Crippen MR) is 109 cm³/mol. The molecule has 0 aromatic carbocycles. The third-order valence-electron chi connectivity index (χ3n) is 5.66. The van der Waals surface area contributed by atoms with Crippen LogP contribution in [0.4, 0.5) is 0 Å². The van der Waals surface area contributed by atoms with Crippen molar-refractivity contribution in [2.24, 2.45) is 0 Å². The number of thiophene rings is 1. The van der Waals surface area contributed by atoms with Gasteiger partial charge in [-0.3, -0.25) is 19.4 Å². The van der Waals surface area contributed by atoms with Crippen molar-refractivity contribution in [1.82, 2.24) is 20.0 Å². The summed E-state index contributed by atoms with van der Waals surface area (Å²) in [6, 6.07) is 4.71. The molecular formula is C20H32N4O2S. The summed E-state index contributed by atoms with van der Waals surface area (Å²) in [4.78, 5) is 32.7. The average Bonchev–Trinajstić information content (AvgIpc) is 3.34. The third kappa shape index (κ3) is 5.53. The highest BCUT2D eigenvalue weighted by molar-refractivity contribution is 7.10. The molecule has 0 aliphatic carbocycles. The number of carbonyl (C=O) groups is 2. The van der Waals surface area contributed by atoms with Gasteiger partial charge in [-0.15, -0.1) is 11.3 Å². The molecule has 2 unspecified atom stereocenters. The SMILES string of the molecule is CCC(C)NC(=O)CN1CCN(CC(=O)N2CCCC2c2cccs2)CC1. The molecule has 2 amide bonds. The Morgan fingerprint density at radius 1 is 1.19 bits per heavy atom. The van der Waals surface area contributed by atoms with E-state index in [2.05, 4.69) is 44.5 Å². The number of nitrogens with one attached hydrogen (secondary N) is 1. The first-order valence-electron chi connectivity index (χ1n) is 10.1. The van der Waals surface area contributed by atoms with Crippen molar-refractivity contribution in [2.45, 2.75) is 45.2 Å². The van der Waals surface area contributed by atoms with Gasteiger partial charge in [0.1, 0.15) is 0 Å². The monoisotopic (exact) mass is 392 g/mol. The van der Waals surface area contributed by atoms with Crippen LogP contribution < -0.4 is 5.32 Å². The van der Waals surface area contributed by atoms with E-state index in [0.29, 0.717) is 13.1 Å². The van der Waals surface area contributed by atoms with Crippen LogP contribution >= 0.6 is 11.3 Å². The Morgan fingerprint density at radius 2 is 1.89 bits per heavy atom. The van der Waals surface area contributed by atoms with E-state index in [4.69, 9.17) is 0 Å². The zero-order chi connectivity index (χ0) is 19.2. The Hall–Kier alpha value is -1.44. The summed E-state index contributed by atoms with van der Waals surface area (Å²) < 4.78 is 0. The molecule has 1 N–H and O–H groups in total. The molecule has 2 saturated heterocycles. The predicted octanol–water partition coefficient (Wildman–Crippen LogP) is 1.94. The van der Waals surface area contributed by atoms with E-state index >= 15 is 0 Å². The molecule has 7 heteroatoms. The van der Waals surface area contributed by atoms with Crippen molar-refractivity contribution >= 4 is 23.2 Å². The van der Waals surface area contributed by atoms with E-state index in [1.807, 2.05) is 6.92 Å². The fraction of sp³-hybridized carbons (Fsp3) is 0.700. The first-order valence-corrected chi connectivity index (χ1v) is 11.0. The Bertz CT molecular complexity index is 614. The van der Waals surface area contributed by atoms with Crippen molar-refractivity contribution in [2.75, 3.05) is 45.8 Å². The van der Waals surface area contributed by atoms with Gasteiger partial charge in [0.2, 0.25) is 11.8 Å². The highest BCUT2D eigenvalue weighted by atomic mass is 32.1. The second-order valence-electron chi connectivity index (χ2n) is 7.69. The first kappa shape index (κ1) is 20.3. The number of amides is 2. The van der Waals surface area contributed by atoms with Gasteiger partial charge in [-0.1, -0.05) is 13.0 Å². The van der Waals surface area contributed by atoms with Gasteiger partial charge in [-0.25, -0.2) is 0 Å². The molecule has 0 saturated carbocycles. The average molecular weight is 393 g/mol. The molecule has 2 atom stereocenters. The Balaban J connectivity index is 1.42. The van der Waals surface area contributed by atoms with E-state index in [1.165, 1.54) is 4.88 Å². The summed E-state index contributed by atoms with van der Waals surface area (Å²) in [6.45, 7) is 9.31. The van der Waals surface area contributed by atoms with Crippen LogP contribution in [0.2, 0.25) is 0 Å². The van der Waals surface area contributed by atoms with E-state index < -0.39 is 0 Å². The molecule has 6 nitrogen and oxygen atoms in total. The third-order valence-corrected chi connectivity index (χ3v) is 6.63. The first-order chi connectivity index (χ1) is 13.1. The van der Waals surface area contributed by atoms with Crippen LogP contribution in [0.5, 0.6) is 0 Å². The van der Waals surface area contributed by atoms with Crippen molar-refractivity contribution in [3.63, 3.8) is 0 Å². The molecule has 3 heterocycles. The number of carbonyl (C=O) groups excluding carboxylic acids is 2. The minimum absolute atomic E-state index is 0.102. The molecule has 27 heavy (non-hydrogen) atoms. The van der Waals surface area contributed by atoms with Crippen molar-refractivity contribution < 1.29 is 9.59 Å². The van der Waals surface area contributed by atoms with Gasteiger partial charge in [0, 0.05) is 43.6 Å². The maximum atomic E-state index is 12.8. The standard InChI is InChI=1S/C20H32N4O2S/c1-3-16(2)21-19(25)14-22-9-11-23(12-10-22)15-20(26)24-8-4-6-17(24)18-7-5-13-27-18/h5,7,13,16-17H,3-4,6,8-12,14-15H2,1-2H3,(H,21,25). The molecule has 3 rings (SSSR count). The molecular weight excluding hydrogens is 360 g/mol. The second-order valence-corrected chi connectivity index (χ2v) is 8.67. The Labute approximate surface area is 166 Å². The second kappa shape index (κ2) is 9.66. The molecule has 0 bridgehead atoms. The molecule has 1 aromatic heterocycles. The summed E-state index contributed by atoms with van der Waals surface area (Å²) in [6.07, 6.45) is 3.11. The van der Waals surface area contributed by atoms with Crippen LogP contribution in [0.15, 0.2) is 17.5 Å². The highest BCUT2D eigenvalue weighted by Gasteiger charge is 2.31. The van der Waals surface area contributed by atoms with Gasteiger partial charge < -0.3 is 10.2 Å². The summed E-state index contributed by atoms with van der Waals surface area (Å²) >= 11 is 1.75. The van der Waals surface area contributed by atoms with E-state index in [9.17, 15) is 9.59 Å². The van der Waals surface area contributed by atoms with Crippen LogP contribution in [-0.4, -0.2) is 78.4 Å². The largest absolute Gasteiger partial charge is 0.353 e. The number of hydrogen-bond acceptors (Lipinski definition) is 5. The van der Waals surface area contributed by atoms with Gasteiger partial charge in [0.25, 0.3) is 0 Å². The summed E-state index contributed by atoms with van der Waals surface area (Å²) in [5, 5.41) is 5.11. The molecule has 0 spiro atoms. The number of nitrogens with zero attached hydrogens (tertiary/aromatic N) is 3. The molecule has 0 radical (unpaired) electrons. The number of piperazine rings is 1. The zero-order valence-electron chi connectivity index (χ0n) is 16.5. The van der Waals surface area contributed by atoms with Crippen LogP contribution in [0.1, 0.15) is 44.0 Å². The highest BCUT2D eigenvalue weighted by Crippen LogP contribution is 2.34. The lowest BCUT2D eigenvalue weighted by molar-refractivity contribution is -0.134. The van der Waals surface area contributed by atoms with Crippen molar-refractivity contribution in [1.29, 1.82) is 0 Å². The fourth-order valence-electron chi connectivity index (χ4n) is 3.86. The van der Waals surface area contributed by atoms with Gasteiger partial charge in [-0.2, -0.15) is 0 Å². The quantitative estimate of drug-likeness (QED) is 0.771. The topological polar surface area (TPSA) is 55.9 Å².